The zero-order valence-corrected chi connectivity index (χ0v) is 10.3. The second-order valence-corrected chi connectivity index (χ2v) is 4.18. The van der Waals surface area contributed by atoms with Gasteiger partial charge in [0.2, 0.25) is 0 Å². The molecule has 0 saturated carbocycles. The molecule has 0 fully saturated rings. The van der Waals surface area contributed by atoms with Crippen LogP contribution in [0.4, 0.5) is 10.1 Å². The van der Waals surface area contributed by atoms with Gasteiger partial charge in [-0.3, -0.25) is 0 Å². The first-order valence-electron chi connectivity index (χ1n) is 5.49. The number of aliphatic carboxylic acids is 1. The van der Waals surface area contributed by atoms with Gasteiger partial charge >= 0.3 is 5.97 Å². The summed E-state index contributed by atoms with van der Waals surface area (Å²) in [5.41, 5.74) is 0.0534. The highest BCUT2D eigenvalue weighted by molar-refractivity contribution is 6.33. The Bertz CT molecular complexity index is 378. The highest BCUT2D eigenvalue weighted by Gasteiger charge is 2.19. The lowest BCUT2D eigenvalue weighted by Crippen LogP contribution is -2.29. The smallest absolute Gasteiger partial charge is 0.326 e. The number of halogens is 2. The molecule has 2 N–H and O–H groups in total. The molecular formula is C12H15ClFNO2. The van der Waals surface area contributed by atoms with Gasteiger partial charge in [0.25, 0.3) is 0 Å². The van der Waals surface area contributed by atoms with E-state index < -0.39 is 17.8 Å². The lowest BCUT2D eigenvalue weighted by molar-refractivity contribution is -0.138. The van der Waals surface area contributed by atoms with Gasteiger partial charge in [-0.25, -0.2) is 9.18 Å². The number of hydrogen-bond donors (Lipinski definition) is 2. The number of para-hydroxylation sites is 1. The highest BCUT2D eigenvalue weighted by Crippen LogP contribution is 2.26. The van der Waals surface area contributed by atoms with Crippen molar-refractivity contribution in [3.8, 4) is 0 Å². The lowest BCUT2D eigenvalue weighted by atomic mass is 10.1. The molecule has 0 spiro atoms. The van der Waals surface area contributed by atoms with Crippen molar-refractivity contribution in [3.05, 3.63) is 29.0 Å². The van der Waals surface area contributed by atoms with Crippen molar-refractivity contribution < 1.29 is 14.3 Å². The fourth-order valence-corrected chi connectivity index (χ4v) is 1.69. The van der Waals surface area contributed by atoms with Gasteiger partial charge in [0.05, 0.1) is 10.7 Å². The Labute approximate surface area is 105 Å². The molecule has 0 bridgehead atoms. The number of carbonyl (C=O) groups is 1. The van der Waals surface area contributed by atoms with Crippen LogP contribution in [-0.4, -0.2) is 17.1 Å². The van der Waals surface area contributed by atoms with Crippen LogP contribution in [0.25, 0.3) is 0 Å². The number of benzene rings is 1. The van der Waals surface area contributed by atoms with Gasteiger partial charge in [-0.2, -0.15) is 0 Å². The number of hydrogen-bond acceptors (Lipinski definition) is 2. The standard InChI is InChI=1S/C12H15ClFNO2/c1-2-3-7-10(12(16)17)15-11-8(13)5-4-6-9(11)14/h4-6,10,15H,2-3,7H2,1H3,(H,16,17). The van der Waals surface area contributed by atoms with Gasteiger partial charge in [0, 0.05) is 0 Å². The number of anilines is 1. The molecule has 1 unspecified atom stereocenters. The summed E-state index contributed by atoms with van der Waals surface area (Å²) >= 11 is 5.82. The zero-order valence-electron chi connectivity index (χ0n) is 9.54. The molecule has 3 nitrogen and oxygen atoms in total. The minimum absolute atomic E-state index is 0.0534. The van der Waals surface area contributed by atoms with E-state index in [-0.39, 0.29) is 10.7 Å². The van der Waals surface area contributed by atoms with Crippen LogP contribution < -0.4 is 5.32 Å². The van der Waals surface area contributed by atoms with Crippen molar-refractivity contribution in [3.63, 3.8) is 0 Å². The van der Waals surface area contributed by atoms with Crippen molar-refractivity contribution in [2.75, 3.05) is 5.32 Å². The Morgan fingerprint density at radius 2 is 2.29 bits per heavy atom. The van der Waals surface area contributed by atoms with Gasteiger partial charge in [-0.05, 0) is 18.6 Å². The maximum Gasteiger partial charge on any atom is 0.326 e. The number of carboxylic acids is 1. The molecule has 0 aliphatic rings. The molecule has 94 valence electrons. The van der Waals surface area contributed by atoms with Gasteiger partial charge in [-0.15, -0.1) is 0 Å². The second-order valence-electron chi connectivity index (χ2n) is 3.77. The quantitative estimate of drug-likeness (QED) is 0.822. The Morgan fingerprint density at radius 1 is 1.59 bits per heavy atom. The van der Waals surface area contributed by atoms with E-state index >= 15 is 0 Å². The molecule has 0 aromatic heterocycles. The van der Waals surface area contributed by atoms with Crippen LogP contribution in [0, 0.1) is 5.82 Å². The Kier molecular flexibility index (Phi) is 5.22. The summed E-state index contributed by atoms with van der Waals surface area (Å²) in [5.74, 6) is -1.54. The highest BCUT2D eigenvalue weighted by atomic mass is 35.5. The summed E-state index contributed by atoms with van der Waals surface area (Å²) in [6.07, 6.45) is 2.09. The average molecular weight is 260 g/mol. The largest absolute Gasteiger partial charge is 0.480 e. The van der Waals surface area contributed by atoms with Crippen LogP contribution in [0.3, 0.4) is 0 Å². The predicted molar refractivity (Wildman–Crippen MR) is 66.0 cm³/mol. The van der Waals surface area contributed by atoms with Gasteiger partial charge in [0.1, 0.15) is 11.9 Å². The number of nitrogens with one attached hydrogen (secondary N) is 1. The normalized spacial score (nSPS) is 12.2. The lowest BCUT2D eigenvalue weighted by Gasteiger charge is -2.16. The van der Waals surface area contributed by atoms with E-state index in [1.54, 1.807) is 0 Å². The summed E-state index contributed by atoms with van der Waals surface area (Å²) < 4.78 is 13.5. The number of rotatable bonds is 6. The van der Waals surface area contributed by atoms with Gasteiger partial charge < -0.3 is 10.4 Å². The number of unbranched alkanes of at least 4 members (excludes halogenated alkanes) is 1. The number of carboxylic acid groups (broad SMARTS) is 1. The fourth-order valence-electron chi connectivity index (χ4n) is 1.48. The first-order chi connectivity index (χ1) is 8.06. The fraction of sp³-hybridized carbons (Fsp3) is 0.417. The van der Waals surface area contributed by atoms with E-state index in [1.165, 1.54) is 18.2 Å². The molecule has 0 aliphatic carbocycles. The second kappa shape index (κ2) is 6.45. The van der Waals surface area contributed by atoms with E-state index in [2.05, 4.69) is 5.32 Å². The third kappa shape index (κ3) is 3.89. The zero-order chi connectivity index (χ0) is 12.8. The Morgan fingerprint density at radius 3 is 2.82 bits per heavy atom. The molecule has 0 saturated heterocycles. The van der Waals surface area contributed by atoms with Crippen LogP contribution in [0.2, 0.25) is 5.02 Å². The van der Waals surface area contributed by atoms with E-state index in [0.29, 0.717) is 6.42 Å². The molecule has 17 heavy (non-hydrogen) atoms. The SMILES string of the molecule is CCCCC(Nc1c(F)cccc1Cl)C(=O)O. The minimum Gasteiger partial charge on any atom is -0.480 e. The molecule has 1 atom stereocenters. The maximum atomic E-state index is 13.5. The summed E-state index contributed by atoms with van der Waals surface area (Å²) in [6.45, 7) is 1.97. The molecule has 1 aromatic carbocycles. The van der Waals surface area contributed by atoms with Gasteiger partial charge in [0.15, 0.2) is 0 Å². The van der Waals surface area contributed by atoms with Crippen molar-refractivity contribution >= 4 is 23.3 Å². The molecule has 0 radical (unpaired) electrons. The van der Waals surface area contributed by atoms with Crippen LogP contribution in [0.5, 0.6) is 0 Å². The van der Waals surface area contributed by atoms with Crippen molar-refractivity contribution in [1.82, 2.24) is 0 Å². The van der Waals surface area contributed by atoms with E-state index in [1.807, 2.05) is 6.92 Å². The third-order valence-corrected chi connectivity index (χ3v) is 2.74. The molecule has 5 heteroatoms. The topological polar surface area (TPSA) is 49.3 Å². The Balaban J connectivity index is 2.82. The maximum absolute atomic E-state index is 13.5. The molecular weight excluding hydrogens is 245 g/mol. The third-order valence-electron chi connectivity index (χ3n) is 2.43. The van der Waals surface area contributed by atoms with Crippen molar-refractivity contribution in [2.24, 2.45) is 0 Å². The summed E-state index contributed by atoms with van der Waals surface area (Å²) in [6, 6.07) is 3.42. The molecule has 1 rings (SSSR count). The van der Waals surface area contributed by atoms with Gasteiger partial charge in [-0.1, -0.05) is 37.4 Å². The van der Waals surface area contributed by atoms with E-state index in [9.17, 15) is 9.18 Å². The Hall–Kier alpha value is -1.29. The molecule has 0 heterocycles. The van der Waals surface area contributed by atoms with Crippen LogP contribution in [0.15, 0.2) is 18.2 Å². The van der Waals surface area contributed by atoms with Crippen LogP contribution >= 0.6 is 11.6 Å². The molecule has 0 amide bonds. The summed E-state index contributed by atoms with van der Waals surface area (Å²) in [5, 5.41) is 11.8. The minimum atomic E-state index is -1.00. The average Bonchev–Trinajstić information content (AvgIpc) is 2.27. The predicted octanol–water partition coefficient (Wildman–Crippen LogP) is 3.53. The van der Waals surface area contributed by atoms with E-state index in [0.717, 1.165) is 12.8 Å². The monoisotopic (exact) mass is 259 g/mol. The van der Waals surface area contributed by atoms with Crippen molar-refractivity contribution in [1.29, 1.82) is 0 Å². The van der Waals surface area contributed by atoms with Crippen LogP contribution in [0.1, 0.15) is 26.2 Å². The van der Waals surface area contributed by atoms with Crippen molar-refractivity contribution in [2.45, 2.75) is 32.2 Å². The molecule has 0 aliphatic heterocycles. The van der Waals surface area contributed by atoms with E-state index in [4.69, 9.17) is 16.7 Å². The molecule has 1 aromatic rings. The first kappa shape index (κ1) is 13.8. The summed E-state index contributed by atoms with van der Waals surface area (Å²) in [4.78, 5) is 11.0. The van der Waals surface area contributed by atoms with Crippen LogP contribution in [-0.2, 0) is 4.79 Å². The first-order valence-corrected chi connectivity index (χ1v) is 5.87. The summed E-state index contributed by atoms with van der Waals surface area (Å²) in [7, 11) is 0.